The molecule has 1 saturated heterocycles. The van der Waals surface area contributed by atoms with Gasteiger partial charge in [-0.2, -0.15) is 5.10 Å². The number of nitrogens with zero attached hydrogens (tertiary/aromatic N) is 2. The minimum absolute atomic E-state index is 0.283. The number of hydrogen-bond donors (Lipinski definition) is 2. The summed E-state index contributed by atoms with van der Waals surface area (Å²) in [6.45, 7) is 6.34. The lowest BCUT2D eigenvalue weighted by atomic mass is 9.96. The van der Waals surface area contributed by atoms with Gasteiger partial charge in [-0.1, -0.05) is 0 Å². The number of aromatic hydroxyl groups is 1. The third kappa shape index (κ3) is 2.12. The highest BCUT2D eigenvalue weighted by molar-refractivity contribution is 5.41. The van der Waals surface area contributed by atoms with Crippen LogP contribution in [0.25, 0.3) is 5.69 Å². The van der Waals surface area contributed by atoms with E-state index in [4.69, 9.17) is 0 Å². The van der Waals surface area contributed by atoms with E-state index < -0.39 is 0 Å². The normalized spacial score (nSPS) is 18.9. The maximum atomic E-state index is 9.37. The molecular formula is C15H19N3O. The van der Waals surface area contributed by atoms with Gasteiger partial charge in [0.1, 0.15) is 5.75 Å². The molecule has 0 spiro atoms. The Balaban J connectivity index is 2.03. The zero-order valence-electron chi connectivity index (χ0n) is 11.3. The lowest BCUT2D eigenvalue weighted by molar-refractivity contribution is 0.475. The molecule has 0 amide bonds. The lowest BCUT2D eigenvalue weighted by Crippen LogP contribution is -2.09. The van der Waals surface area contributed by atoms with Crippen LogP contribution in [0.15, 0.2) is 24.3 Å². The van der Waals surface area contributed by atoms with Crippen LogP contribution in [0.5, 0.6) is 5.75 Å². The average molecular weight is 257 g/mol. The number of aromatic nitrogens is 2. The maximum Gasteiger partial charge on any atom is 0.115 e. The van der Waals surface area contributed by atoms with E-state index in [-0.39, 0.29) is 5.75 Å². The van der Waals surface area contributed by atoms with E-state index in [0.29, 0.717) is 5.92 Å². The summed E-state index contributed by atoms with van der Waals surface area (Å²) < 4.78 is 1.97. The number of phenolic OH excluding ortho intramolecular Hbond substituents is 1. The Morgan fingerprint density at radius 2 is 2.00 bits per heavy atom. The van der Waals surface area contributed by atoms with E-state index in [1.165, 1.54) is 17.7 Å². The third-order valence-corrected chi connectivity index (χ3v) is 3.91. The number of nitrogens with one attached hydrogen (secondary N) is 1. The second-order valence-corrected chi connectivity index (χ2v) is 5.20. The molecule has 1 atom stereocenters. The van der Waals surface area contributed by atoms with Gasteiger partial charge in [0, 0.05) is 23.7 Å². The Labute approximate surface area is 113 Å². The molecule has 1 aromatic heterocycles. The fourth-order valence-electron chi connectivity index (χ4n) is 2.99. The van der Waals surface area contributed by atoms with E-state index in [9.17, 15) is 5.11 Å². The van der Waals surface area contributed by atoms with Crippen LogP contribution in [0.1, 0.15) is 29.3 Å². The molecule has 100 valence electrons. The monoisotopic (exact) mass is 257 g/mol. The van der Waals surface area contributed by atoms with E-state index in [1.54, 1.807) is 12.1 Å². The molecule has 2 aromatic rings. The fourth-order valence-corrected chi connectivity index (χ4v) is 2.99. The van der Waals surface area contributed by atoms with Crippen LogP contribution >= 0.6 is 0 Å². The van der Waals surface area contributed by atoms with Gasteiger partial charge in [-0.05, 0) is 51.1 Å². The Bertz CT molecular complexity index is 580. The number of benzene rings is 1. The molecule has 4 heteroatoms. The highest BCUT2D eigenvalue weighted by atomic mass is 16.3. The van der Waals surface area contributed by atoms with Gasteiger partial charge in [-0.15, -0.1) is 0 Å². The second kappa shape index (κ2) is 4.70. The van der Waals surface area contributed by atoms with Crippen molar-refractivity contribution in [2.24, 2.45) is 0 Å². The van der Waals surface area contributed by atoms with E-state index >= 15 is 0 Å². The average Bonchev–Trinajstić information content (AvgIpc) is 2.99. The zero-order chi connectivity index (χ0) is 13.4. The van der Waals surface area contributed by atoms with Crippen LogP contribution < -0.4 is 5.32 Å². The maximum absolute atomic E-state index is 9.37. The summed E-state index contributed by atoms with van der Waals surface area (Å²) in [5.41, 5.74) is 4.69. The topological polar surface area (TPSA) is 50.1 Å². The van der Waals surface area contributed by atoms with Gasteiger partial charge in [-0.25, -0.2) is 4.68 Å². The van der Waals surface area contributed by atoms with Gasteiger partial charge in [0.2, 0.25) is 0 Å². The van der Waals surface area contributed by atoms with Crippen molar-refractivity contribution in [1.82, 2.24) is 15.1 Å². The fraction of sp³-hybridized carbons (Fsp3) is 0.400. The molecule has 1 aliphatic rings. The van der Waals surface area contributed by atoms with Crippen LogP contribution in [-0.4, -0.2) is 28.0 Å². The molecule has 1 aliphatic heterocycles. The molecular weight excluding hydrogens is 238 g/mol. The SMILES string of the molecule is Cc1nn(-c2ccc(O)cc2)c(C)c1C1CCNC1. The zero-order valence-corrected chi connectivity index (χ0v) is 11.3. The molecule has 1 fully saturated rings. The molecule has 0 bridgehead atoms. The Kier molecular flexibility index (Phi) is 3.03. The molecule has 0 aliphatic carbocycles. The highest BCUT2D eigenvalue weighted by Crippen LogP contribution is 2.29. The van der Waals surface area contributed by atoms with Crippen LogP contribution in [0.4, 0.5) is 0 Å². The van der Waals surface area contributed by atoms with Crippen LogP contribution in [0.3, 0.4) is 0 Å². The molecule has 19 heavy (non-hydrogen) atoms. The van der Waals surface area contributed by atoms with Crippen molar-refractivity contribution in [1.29, 1.82) is 0 Å². The third-order valence-electron chi connectivity index (χ3n) is 3.91. The summed E-state index contributed by atoms with van der Waals surface area (Å²) in [5, 5.41) is 17.4. The Hall–Kier alpha value is -1.81. The first-order valence-electron chi connectivity index (χ1n) is 6.73. The van der Waals surface area contributed by atoms with Crippen molar-refractivity contribution >= 4 is 0 Å². The molecule has 0 radical (unpaired) electrons. The van der Waals surface area contributed by atoms with Crippen molar-refractivity contribution in [3.05, 3.63) is 41.2 Å². The highest BCUT2D eigenvalue weighted by Gasteiger charge is 2.24. The largest absolute Gasteiger partial charge is 0.508 e. The quantitative estimate of drug-likeness (QED) is 0.867. The summed E-state index contributed by atoms with van der Waals surface area (Å²) in [6, 6.07) is 7.18. The summed E-state index contributed by atoms with van der Waals surface area (Å²) in [7, 11) is 0. The van der Waals surface area contributed by atoms with Crippen molar-refractivity contribution < 1.29 is 5.11 Å². The summed E-state index contributed by atoms with van der Waals surface area (Å²) >= 11 is 0. The van der Waals surface area contributed by atoms with Crippen LogP contribution in [0, 0.1) is 13.8 Å². The van der Waals surface area contributed by atoms with E-state index in [1.807, 2.05) is 16.8 Å². The lowest BCUT2D eigenvalue weighted by Gasteiger charge is -2.10. The van der Waals surface area contributed by atoms with E-state index in [0.717, 1.165) is 24.5 Å². The molecule has 1 aromatic carbocycles. The van der Waals surface area contributed by atoms with E-state index in [2.05, 4.69) is 24.3 Å². The molecule has 1 unspecified atom stereocenters. The van der Waals surface area contributed by atoms with Gasteiger partial charge < -0.3 is 10.4 Å². The predicted octanol–water partition coefficient (Wildman–Crippen LogP) is 2.27. The Morgan fingerprint density at radius 3 is 2.63 bits per heavy atom. The number of hydrogen-bond acceptors (Lipinski definition) is 3. The standard InChI is InChI=1S/C15H19N3O/c1-10-15(12-7-8-16-9-12)11(2)18(17-10)13-3-5-14(19)6-4-13/h3-6,12,16,19H,7-9H2,1-2H3. The van der Waals surface area contributed by atoms with Crippen LogP contribution in [-0.2, 0) is 0 Å². The smallest absolute Gasteiger partial charge is 0.115 e. The first-order valence-corrected chi connectivity index (χ1v) is 6.73. The number of rotatable bonds is 2. The molecule has 2 N–H and O–H groups in total. The van der Waals surface area contributed by atoms with Crippen molar-refractivity contribution in [2.45, 2.75) is 26.2 Å². The van der Waals surface area contributed by atoms with Gasteiger partial charge in [0.25, 0.3) is 0 Å². The summed E-state index contributed by atoms with van der Waals surface area (Å²) in [6.07, 6.45) is 1.18. The van der Waals surface area contributed by atoms with Gasteiger partial charge in [0.05, 0.1) is 11.4 Å². The predicted molar refractivity (Wildman–Crippen MR) is 74.9 cm³/mol. The van der Waals surface area contributed by atoms with Gasteiger partial charge in [-0.3, -0.25) is 0 Å². The summed E-state index contributed by atoms with van der Waals surface area (Å²) in [4.78, 5) is 0. The molecule has 2 heterocycles. The minimum atomic E-state index is 0.283. The molecule has 4 nitrogen and oxygen atoms in total. The molecule has 3 rings (SSSR count). The van der Waals surface area contributed by atoms with Crippen molar-refractivity contribution in [2.75, 3.05) is 13.1 Å². The minimum Gasteiger partial charge on any atom is -0.508 e. The number of aryl methyl sites for hydroxylation is 1. The second-order valence-electron chi connectivity index (χ2n) is 5.20. The molecule has 0 saturated carbocycles. The number of phenols is 1. The first-order chi connectivity index (χ1) is 9.16. The van der Waals surface area contributed by atoms with Crippen LogP contribution in [0.2, 0.25) is 0 Å². The van der Waals surface area contributed by atoms with Crippen molar-refractivity contribution in [3.8, 4) is 11.4 Å². The summed E-state index contributed by atoms with van der Waals surface area (Å²) in [5.74, 6) is 0.858. The Morgan fingerprint density at radius 1 is 1.26 bits per heavy atom. The van der Waals surface area contributed by atoms with Crippen molar-refractivity contribution in [3.63, 3.8) is 0 Å². The first kappa shape index (κ1) is 12.2. The van der Waals surface area contributed by atoms with Gasteiger partial charge in [0.15, 0.2) is 0 Å². The van der Waals surface area contributed by atoms with Gasteiger partial charge >= 0.3 is 0 Å².